The van der Waals surface area contributed by atoms with E-state index in [0.29, 0.717) is 67.5 Å². The summed E-state index contributed by atoms with van der Waals surface area (Å²) in [6.45, 7) is 4.88. The number of nitrogens with one attached hydrogen (secondary N) is 3. The Balaban J connectivity index is 1.36. The number of ether oxygens (including phenoxy) is 2. The van der Waals surface area contributed by atoms with E-state index in [1.165, 1.54) is 0 Å². The molecule has 0 unspecified atom stereocenters. The van der Waals surface area contributed by atoms with Gasteiger partial charge >= 0.3 is 9.94 Å². The van der Waals surface area contributed by atoms with Crippen molar-refractivity contribution in [3.63, 3.8) is 0 Å². The monoisotopic (exact) mass is 833 g/mol. The zero-order chi connectivity index (χ0) is 36.4. The minimum Gasteiger partial charge on any atom is -0.492 e. The van der Waals surface area contributed by atoms with E-state index < -0.39 is 16.0 Å². The van der Waals surface area contributed by atoms with Crippen molar-refractivity contribution in [3.05, 3.63) is 94.5 Å². The lowest BCUT2D eigenvalue weighted by Gasteiger charge is -2.33. The molecule has 0 radical (unpaired) electrons. The molecule has 4 aliphatic rings. The molecule has 0 saturated heterocycles. The number of carbonyl (C=O) groups excluding carboxylic acids is 2. The number of hydrogen-bond acceptors (Lipinski definition) is 9. The first-order chi connectivity index (χ1) is 24.3. The molecule has 5 heterocycles. The number of hydrogen-bond donors (Lipinski definition) is 3. The number of carbonyl (C=O) groups is 2. The average Bonchev–Trinajstić information content (AvgIpc) is 3.10. The van der Waals surface area contributed by atoms with E-state index in [9.17, 15) is 18.4 Å². The molecule has 4 aromatic rings. The van der Waals surface area contributed by atoms with Crippen molar-refractivity contribution >= 4 is 63.6 Å². The highest BCUT2D eigenvalue weighted by Gasteiger charge is 2.27. The number of aryl methyl sites for hydroxylation is 1. The number of anilines is 3. The van der Waals surface area contributed by atoms with Crippen molar-refractivity contribution < 1.29 is 27.8 Å². The lowest BCUT2D eigenvalue weighted by atomic mass is 9.92. The molecular weight excluding hydrogens is 795 g/mol. The first-order valence-corrected chi connectivity index (χ1v) is 17.9. The van der Waals surface area contributed by atoms with Crippen LogP contribution in [0.25, 0.3) is 0 Å². The largest absolute Gasteiger partial charge is 0.492 e. The van der Waals surface area contributed by atoms with Crippen molar-refractivity contribution in [2.45, 2.75) is 43.6 Å². The van der Waals surface area contributed by atoms with Crippen LogP contribution in [0.3, 0.4) is 0 Å². The maximum atomic E-state index is 13.5. The van der Waals surface area contributed by atoms with Crippen LogP contribution in [-0.2, 0) is 17.8 Å². The van der Waals surface area contributed by atoms with E-state index in [4.69, 9.17) is 21.1 Å². The van der Waals surface area contributed by atoms with Crippen LogP contribution in [0.15, 0.2) is 72.8 Å². The van der Waals surface area contributed by atoms with Crippen LogP contribution in [0, 0.1) is 5.41 Å². The number of aromatic nitrogens is 3. The average molecular weight is 834 g/mol. The van der Waals surface area contributed by atoms with Gasteiger partial charge in [-0.2, -0.15) is 23.7 Å². The van der Waals surface area contributed by atoms with Gasteiger partial charge in [0.1, 0.15) is 5.75 Å². The minimum atomic E-state index is -3.13. The van der Waals surface area contributed by atoms with E-state index in [-0.39, 0.29) is 36.3 Å². The first kappa shape index (κ1) is 37.9. The van der Waals surface area contributed by atoms with Crippen molar-refractivity contribution in [1.29, 1.82) is 0 Å². The van der Waals surface area contributed by atoms with E-state index in [2.05, 4.69) is 30.9 Å². The summed E-state index contributed by atoms with van der Waals surface area (Å²) in [5.41, 5.74) is 2.39. The van der Waals surface area contributed by atoms with Crippen molar-refractivity contribution in [3.8, 4) is 11.8 Å². The molecule has 0 saturated carbocycles. The Bertz CT molecular complexity index is 1800. The fourth-order valence-corrected chi connectivity index (χ4v) is 5.68. The third kappa shape index (κ3) is 12.2. The standard InChI is InChI=1S/C36H39ClF2IN7O4/c1-35(2)21-42-31(49)26-11-13-27(14-12-26)43-33-44-32(45-34(46-33)51-23-36(38,39)40)41-20-25-9-15-29(28(37)19-25)50-18-6-17-47(22-35)30(48)16-10-24-7-4-3-5-8-24/h3-5,7-9,11-15,19H,6,10,16-18,20-23H2,1-2H3,(H,42,49)(H2,41,43,44,45,46). The molecule has 6 bridgehead atoms. The molecule has 0 aliphatic carbocycles. The van der Waals surface area contributed by atoms with Crippen LogP contribution in [-0.4, -0.2) is 68.4 Å². The van der Waals surface area contributed by atoms with Gasteiger partial charge in [-0.3, -0.25) is 9.59 Å². The molecule has 0 spiro atoms. The molecule has 51 heavy (non-hydrogen) atoms. The van der Waals surface area contributed by atoms with Gasteiger partial charge in [-0.05, 0) is 65.8 Å². The van der Waals surface area contributed by atoms with Crippen LogP contribution in [0.2, 0.25) is 5.02 Å². The molecule has 0 atom stereocenters. The van der Waals surface area contributed by atoms with E-state index in [1.807, 2.05) is 55.1 Å². The fourth-order valence-electron chi connectivity index (χ4n) is 5.27. The number of alkyl halides is 3. The van der Waals surface area contributed by atoms with Gasteiger partial charge in [-0.1, -0.05) is 61.8 Å². The SMILES string of the molecule is CC1(C)CNC(=O)c2ccc(cc2)Nc2nc(nc(OCC(F)(F)I)n2)NCc2ccc(c(Cl)c2)OCCCN(C(=O)CCc2ccccc2)C1. The van der Waals surface area contributed by atoms with Gasteiger partial charge in [0.25, 0.3) is 5.91 Å². The molecule has 3 N–H and O–H groups in total. The number of nitrogens with zero attached hydrogens (tertiary/aromatic N) is 4. The molecule has 1 aromatic heterocycles. The normalized spacial score (nSPS) is 15.5. The summed E-state index contributed by atoms with van der Waals surface area (Å²) >= 11 is 7.55. The molecule has 8 rings (SSSR count). The lowest BCUT2D eigenvalue weighted by molar-refractivity contribution is -0.132. The van der Waals surface area contributed by atoms with Crippen LogP contribution in [0.4, 0.5) is 26.4 Å². The van der Waals surface area contributed by atoms with Crippen molar-refractivity contribution in [1.82, 2.24) is 25.2 Å². The zero-order valence-corrected chi connectivity index (χ0v) is 31.1. The highest BCUT2D eigenvalue weighted by atomic mass is 127. The Labute approximate surface area is 314 Å². The number of amides is 2. The van der Waals surface area contributed by atoms with Crippen molar-refractivity contribution in [2.75, 3.05) is 43.5 Å². The predicted molar refractivity (Wildman–Crippen MR) is 200 cm³/mol. The quantitative estimate of drug-likeness (QED) is 0.136. The third-order valence-corrected chi connectivity index (χ3v) is 8.44. The van der Waals surface area contributed by atoms with Crippen LogP contribution < -0.4 is 25.4 Å². The second-order valence-electron chi connectivity index (χ2n) is 12.8. The Morgan fingerprint density at radius 3 is 2.51 bits per heavy atom. The summed E-state index contributed by atoms with van der Waals surface area (Å²) in [6, 6.07) is 21.6. The number of rotatable bonds is 6. The van der Waals surface area contributed by atoms with Crippen LogP contribution in [0.5, 0.6) is 11.8 Å². The summed E-state index contributed by atoms with van der Waals surface area (Å²) in [5, 5.41) is 9.47. The Morgan fingerprint density at radius 1 is 1.04 bits per heavy atom. The van der Waals surface area contributed by atoms with Gasteiger partial charge in [0.2, 0.25) is 17.8 Å². The summed E-state index contributed by atoms with van der Waals surface area (Å²) in [5.74, 6) is 0.364. The molecule has 15 heteroatoms. The van der Waals surface area contributed by atoms with E-state index in [0.717, 1.165) is 33.7 Å². The lowest BCUT2D eigenvalue weighted by Crippen LogP contribution is -2.45. The topological polar surface area (TPSA) is 131 Å². The highest BCUT2D eigenvalue weighted by Crippen LogP contribution is 2.27. The van der Waals surface area contributed by atoms with Gasteiger partial charge in [0.15, 0.2) is 6.61 Å². The van der Waals surface area contributed by atoms with Gasteiger partial charge in [-0.15, -0.1) is 0 Å². The second-order valence-corrected chi connectivity index (χ2v) is 14.8. The minimum absolute atomic E-state index is 0.0302. The zero-order valence-electron chi connectivity index (χ0n) is 28.2. The Hall–Kier alpha value is -4.31. The summed E-state index contributed by atoms with van der Waals surface area (Å²) in [6.07, 6.45) is 1.56. The highest BCUT2D eigenvalue weighted by molar-refractivity contribution is 14.1. The van der Waals surface area contributed by atoms with Gasteiger partial charge in [0, 0.05) is 66.4 Å². The Morgan fingerprint density at radius 2 is 1.78 bits per heavy atom. The van der Waals surface area contributed by atoms with E-state index in [1.54, 1.807) is 36.4 Å². The maximum Gasteiger partial charge on any atom is 0.329 e. The third-order valence-electron chi connectivity index (χ3n) is 7.83. The van der Waals surface area contributed by atoms with E-state index >= 15 is 0 Å². The fraction of sp³-hybridized carbons (Fsp3) is 0.361. The summed E-state index contributed by atoms with van der Waals surface area (Å²) in [7, 11) is 0. The predicted octanol–water partition coefficient (Wildman–Crippen LogP) is 7.29. The summed E-state index contributed by atoms with van der Waals surface area (Å²) < 4.78 is 35.1. The second kappa shape index (κ2) is 17.3. The molecule has 0 fully saturated rings. The smallest absolute Gasteiger partial charge is 0.329 e. The molecule has 3 aromatic carbocycles. The van der Waals surface area contributed by atoms with Crippen molar-refractivity contribution in [2.24, 2.45) is 5.41 Å². The molecule has 2 amide bonds. The molecule has 4 aliphatic heterocycles. The van der Waals surface area contributed by atoms with Gasteiger partial charge in [0.05, 0.1) is 11.6 Å². The Kier molecular flexibility index (Phi) is 12.8. The van der Waals surface area contributed by atoms with Crippen LogP contribution in [0.1, 0.15) is 48.2 Å². The number of benzene rings is 3. The first-order valence-electron chi connectivity index (χ1n) is 16.4. The maximum absolute atomic E-state index is 13.5. The molecule has 270 valence electrons. The molecule has 11 nitrogen and oxygen atoms in total. The van der Waals surface area contributed by atoms with Crippen LogP contribution >= 0.6 is 34.2 Å². The number of halogens is 4. The van der Waals surface area contributed by atoms with Gasteiger partial charge in [-0.25, -0.2) is 0 Å². The summed E-state index contributed by atoms with van der Waals surface area (Å²) in [4.78, 5) is 41.2. The molecular formula is C36H39ClF2IN7O4. The van der Waals surface area contributed by atoms with Gasteiger partial charge < -0.3 is 30.3 Å².